The Labute approximate surface area is 332 Å². The van der Waals surface area contributed by atoms with Gasteiger partial charge in [0.2, 0.25) is 6.79 Å². The molecular weight excluding hydrogens is 755 g/mol. The van der Waals surface area contributed by atoms with Crippen LogP contribution in [0.15, 0.2) is 28.7 Å². The number of piperazine rings is 1. The zero-order valence-corrected chi connectivity index (χ0v) is 33.3. The van der Waals surface area contributed by atoms with Crippen molar-refractivity contribution in [3.63, 3.8) is 0 Å². The van der Waals surface area contributed by atoms with Crippen LogP contribution in [0.1, 0.15) is 82.3 Å². The summed E-state index contributed by atoms with van der Waals surface area (Å²) in [5, 5.41) is 29.1. The third kappa shape index (κ3) is 4.36. The van der Waals surface area contributed by atoms with Gasteiger partial charge in [-0.05, 0) is 62.6 Å². The number of esters is 2. The first kappa shape index (κ1) is 35.5. The molecule has 1 spiro atoms. The van der Waals surface area contributed by atoms with E-state index >= 15 is 0 Å². The molecule has 3 N–H and O–H groups in total. The highest BCUT2D eigenvalue weighted by molar-refractivity contribution is 7.99. The molecule has 0 radical (unpaired) electrons. The van der Waals surface area contributed by atoms with Crippen LogP contribution in [0.5, 0.6) is 34.5 Å². The number of nitrogens with zero attached hydrogens (tertiary/aromatic N) is 2. The van der Waals surface area contributed by atoms with Crippen LogP contribution in [0, 0.1) is 13.8 Å². The molecule has 3 aromatic carbocycles. The topological polar surface area (TPSA) is 162 Å². The summed E-state index contributed by atoms with van der Waals surface area (Å²) < 4.78 is 43.0. The van der Waals surface area contributed by atoms with Gasteiger partial charge in [0.15, 0.2) is 28.5 Å². The first-order valence-electron chi connectivity index (χ1n) is 19.3. The summed E-state index contributed by atoms with van der Waals surface area (Å²) in [6, 6.07) is 5.94. The number of hydrogen-bond donors (Lipinski definition) is 3. The first-order valence-corrected chi connectivity index (χ1v) is 20.4. The molecule has 15 heteroatoms. The number of rotatable bonds is 3. The average molecular weight is 798 g/mol. The van der Waals surface area contributed by atoms with Crippen molar-refractivity contribution in [3.05, 3.63) is 69.0 Å². The van der Waals surface area contributed by atoms with E-state index in [1.807, 2.05) is 32.0 Å². The number of carbonyl (C=O) groups is 2. The van der Waals surface area contributed by atoms with E-state index in [-0.39, 0.29) is 31.4 Å². The minimum absolute atomic E-state index is 0.0499. The Morgan fingerprint density at radius 3 is 2.63 bits per heavy atom. The number of ether oxygens (including phenoxy) is 6. The summed E-state index contributed by atoms with van der Waals surface area (Å²) >= 11 is 1.50. The van der Waals surface area contributed by atoms with Crippen LogP contribution in [0.3, 0.4) is 0 Å². The fraction of sp³-hybridized carbons (Fsp3) is 0.476. The van der Waals surface area contributed by atoms with Crippen molar-refractivity contribution in [2.24, 2.45) is 0 Å². The van der Waals surface area contributed by atoms with E-state index in [4.69, 9.17) is 32.8 Å². The number of phenols is 1. The fourth-order valence-corrected chi connectivity index (χ4v) is 13.2. The molecule has 4 bridgehead atoms. The maximum absolute atomic E-state index is 14.9. The molecule has 8 aliphatic rings. The molecule has 0 saturated carbocycles. The Morgan fingerprint density at radius 1 is 1.05 bits per heavy atom. The van der Waals surface area contributed by atoms with Gasteiger partial charge in [-0.15, -0.1) is 11.8 Å². The predicted octanol–water partition coefficient (Wildman–Crippen LogP) is 4.90. The molecule has 7 atom stereocenters. The second kappa shape index (κ2) is 11.7. The standard InChI is InChI=1S/C42H43N3O11S/c1-18-11-24-27(32(47)33(18)51-6)30-31-37-29-28(36-35(53-17-54-36)19(2)34(29)55-20(3)46)25(45(31)41(49)14-40(24,4)44(30)15-41)13-52-39(48)42(16-57-37)38-22(9-10-43-42)23-12-21(50-5)7-8-26(23)56-38/h7-8,11-12,25,30-31,37,43,47,49H,9-10,13-17H2,1-6H3/t25-,30+,31?,37+,40+,41?,42+/m0/s1. The molecular formula is C42H43N3O11S. The lowest BCUT2D eigenvalue weighted by atomic mass is 9.75. The average Bonchev–Trinajstić information content (AvgIpc) is 3.93. The van der Waals surface area contributed by atoms with E-state index in [9.17, 15) is 19.8 Å². The van der Waals surface area contributed by atoms with Crippen molar-refractivity contribution in [3.8, 4) is 34.5 Å². The molecule has 0 aliphatic carbocycles. The molecule has 57 heavy (non-hydrogen) atoms. The molecule has 1 aromatic heterocycles. The highest BCUT2D eigenvalue weighted by Gasteiger charge is 2.72. The number of furan rings is 1. The van der Waals surface area contributed by atoms with Gasteiger partial charge in [0, 0.05) is 77.0 Å². The summed E-state index contributed by atoms with van der Waals surface area (Å²) in [5.74, 6) is 2.07. The number of nitrogens with one attached hydrogen (secondary N) is 1. The normalized spacial score (nSPS) is 31.8. The fourth-order valence-electron chi connectivity index (χ4n) is 11.5. The minimum atomic E-state index is -1.39. The molecule has 298 valence electrons. The number of phenolic OH excluding ortho intramolecular Hbond substituents is 1. The van der Waals surface area contributed by atoms with Crippen LogP contribution in [-0.2, 0) is 31.8 Å². The van der Waals surface area contributed by atoms with Gasteiger partial charge in [0.05, 0.1) is 31.6 Å². The number of fused-ring (bicyclic) bond motifs is 11. The van der Waals surface area contributed by atoms with Gasteiger partial charge in [-0.25, -0.2) is 4.79 Å². The summed E-state index contributed by atoms with van der Waals surface area (Å²) in [6.07, 6.45) is 0.946. The molecule has 8 aliphatic heterocycles. The number of aromatic hydroxyl groups is 1. The largest absolute Gasteiger partial charge is 0.504 e. The third-order valence-corrected chi connectivity index (χ3v) is 15.1. The predicted molar refractivity (Wildman–Crippen MR) is 205 cm³/mol. The van der Waals surface area contributed by atoms with Crippen molar-refractivity contribution >= 4 is 34.7 Å². The Kier molecular flexibility index (Phi) is 7.30. The lowest BCUT2D eigenvalue weighted by molar-refractivity contribution is -0.196. The summed E-state index contributed by atoms with van der Waals surface area (Å²) in [4.78, 5) is 32.3. The molecule has 14 nitrogen and oxygen atoms in total. The van der Waals surface area contributed by atoms with Crippen molar-refractivity contribution < 1.29 is 52.6 Å². The van der Waals surface area contributed by atoms with E-state index in [1.54, 1.807) is 14.2 Å². The van der Waals surface area contributed by atoms with Gasteiger partial charge in [-0.3, -0.25) is 19.9 Å². The van der Waals surface area contributed by atoms with E-state index in [0.717, 1.165) is 27.6 Å². The van der Waals surface area contributed by atoms with Crippen molar-refractivity contribution in [1.29, 1.82) is 0 Å². The van der Waals surface area contributed by atoms with Gasteiger partial charge in [-0.1, -0.05) is 0 Å². The summed E-state index contributed by atoms with van der Waals surface area (Å²) in [6.45, 7) is 7.80. The number of thioether (sulfide) groups is 1. The Hall–Kier alpha value is -4.67. The summed E-state index contributed by atoms with van der Waals surface area (Å²) in [7, 11) is 3.17. The number of aliphatic hydroxyl groups is 1. The minimum Gasteiger partial charge on any atom is -0.504 e. The highest BCUT2D eigenvalue weighted by Crippen LogP contribution is 2.71. The van der Waals surface area contributed by atoms with Crippen LogP contribution in [0.25, 0.3) is 11.0 Å². The van der Waals surface area contributed by atoms with Crippen LogP contribution in [-0.4, -0.2) is 90.2 Å². The van der Waals surface area contributed by atoms with E-state index in [2.05, 4.69) is 28.1 Å². The van der Waals surface area contributed by atoms with Gasteiger partial charge >= 0.3 is 11.9 Å². The summed E-state index contributed by atoms with van der Waals surface area (Å²) in [5.41, 5.74) is 2.55. The van der Waals surface area contributed by atoms with Crippen molar-refractivity contribution in [1.82, 2.24) is 15.1 Å². The molecule has 9 heterocycles. The molecule has 12 rings (SSSR count). The van der Waals surface area contributed by atoms with Crippen LogP contribution >= 0.6 is 11.8 Å². The highest BCUT2D eigenvalue weighted by atomic mass is 32.2. The van der Waals surface area contributed by atoms with E-state index in [0.29, 0.717) is 76.2 Å². The van der Waals surface area contributed by atoms with Gasteiger partial charge < -0.3 is 43.1 Å². The second-order valence-corrected chi connectivity index (χ2v) is 17.7. The maximum atomic E-state index is 14.9. The monoisotopic (exact) mass is 797 g/mol. The number of methoxy groups -OCH3 is 2. The Balaban J connectivity index is 1.18. The molecule has 0 amide bonds. The SMILES string of the molecule is COc1ccc2oc3c(c2c1)CCN[C@]31CS[C@@H]2c3c(OC(C)=O)c(C)c4c(c3[C@H](COC1=O)N1C2[C@H]2c3c(cc(C)c(OC)c3O)[C@@]3(C)CC1(O)CN23)OCO4. The quantitative estimate of drug-likeness (QED) is 0.190. The third-order valence-electron chi connectivity index (χ3n) is 13.7. The number of carbonyl (C=O) groups excluding carboxylic acids is 2. The van der Waals surface area contributed by atoms with E-state index < -0.39 is 52.1 Å². The zero-order valence-electron chi connectivity index (χ0n) is 32.4. The van der Waals surface area contributed by atoms with Gasteiger partial charge in [0.1, 0.15) is 35.2 Å². The van der Waals surface area contributed by atoms with Gasteiger partial charge in [0.25, 0.3) is 0 Å². The lowest BCUT2D eigenvalue weighted by Crippen LogP contribution is -2.67. The smallest absolute Gasteiger partial charge is 0.335 e. The van der Waals surface area contributed by atoms with Crippen molar-refractivity contribution in [2.45, 2.75) is 80.7 Å². The zero-order chi connectivity index (χ0) is 39.5. The Morgan fingerprint density at radius 2 is 1.86 bits per heavy atom. The number of benzene rings is 3. The Bertz CT molecular complexity index is 2490. The molecule has 4 aromatic rings. The first-order chi connectivity index (χ1) is 27.3. The van der Waals surface area contributed by atoms with Crippen LogP contribution < -0.4 is 29.0 Å². The molecule has 3 saturated heterocycles. The lowest BCUT2D eigenvalue weighted by Gasteiger charge is -2.59. The van der Waals surface area contributed by atoms with Gasteiger partial charge in [-0.2, -0.15) is 0 Å². The number of hydrogen-bond acceptors (Lipinski definition) is 15. The molecule has 2 unspecified atom stereocenters. The number of aryl methyl sites for hydroxylation is 1. The van der Waals surface area contributed by atoms with Crippen LogP contribution in [0.4, 0.5) is 0 Å². The van der Waals surface area contributed by atoms with E-state index in [1.165, 1.54) is 18.7 Å². The maximum Gasteiger partial charge on any atom is 0.335 e. The molecule has 3 fully saturated rings. The van der Waals surface area contributed by atoms with Crippen molar-refractivity contribution in [2.75, 3.05) is 46.5 Å². The van der Waals surface area contributed by atoms with Crippen LogP contribution in [0.2, 0.25) is 0 Å². The second-order valence-electron chi connectivity index (χ2n) is 16.6.